The van der Waals surface area contributed by atoms with Crippen molar-refractivity contribution in [3.05, 3.63) is 21.9 Å². The second kappa shape index (κ2) is 5.78. The third kappa shape index (κ3) is 3.47. The average Bonchev–Trinajstić information content (AvgIpc) is 2.59. The molecular formula is C10H16N2OS. The van der Waals surface area contributed by atoms with E-state index in [4.69, 9.17) is 5.73 Å². The van der Waals surface area contributed by atoms with Gasteiger partial charge in [-0.1, -0.05) is 0 Å². The topological polar surface area (TPSA) is 55.1 Å². The number of nitrogens with two attached hydrogens (primary N) is 1. The molecule has 0 unspecified atom stereocenters. The monoisotopic (exact) mass is 212 g/mol. The molecule has 78 valence electrons. The van der Waals surface area contributed by atoms with Gasteiger partial charge in [-0.25, -0.2) is 0 Å². The summed E-state index contributed by atoms with van der Waals surface area (Å²) in [5.41, 5.74) is 5.35. The smallest absolute Gasteiger partial charge is 0.261 e. The van der Waals surface area contributed by atoms with Crippen LogP contribution in [0.4, 0.5) is 0 Å². The molecule has 3 N–H and O–H groups in total. The highest BCUT2D eigenvalue weighted by Gasteiger charge is 2.05. The molecule has 0 radical (unpaired) electrons. The average molecular weight is 212 g/mol. The number of rotatable bonds is 5. The van der Waals surface area contributed by atoms with Crippen LogP contribution in [0.25, 0.3) is 0 Å². The van der Waals surface area contributed by atoms with Crippen molar-refractivity contribution in [1.29, 1.82) is 0 Å². The third-order valence-corrected chi connectivity index (χ3v) is 2.88. The number of carbonyl (C=O) groups is 1. The van der Waals surface area contributed by atoms with Crippen molar-refractivity contribution in [3.63, 3.8) is 0 Å². The summed E-state index contributed by atoms with van der Waals surface area (Å²) in [7, 11) is 0. The Bertz CT molecular complexity index is 296. The molecule has 0 aliphatic carbocycles. The lowest BCUT2D eigenvalue weighted by Crippen LogP contribution is -2.23. The van der Waals surface area contributed by atoms with Crippen molar-refractivity contribution < 1.29 is 4.79 Å². The summed E-state index contributed by atoms with van der Waals surface area (Å²) in [5, 5.41) is 2.86. The summed E-state index contributed by atoms with van der Waals surface area (Å²) in [6.45, 7) is 3.40. The summed E-state index contributed by atoms with van der Waals surface area (Å²) in [6.07, 6.45) is 1.91. The van der Waals surface area contributed by atoms with E-state index in [2.05, 4.69) is 5.32 Å². The van der Waals surface area contributed by atoms with E-state index < -0.39 is 0 Å². The number of carbonyl (C=O) groups excluding carboxylic acids is 1. The fourth-order valence-corrected chi connectivity index (χ4v) is 1.90. The quantitative estimate of drug-likeness (QED) is 0.727. The van der Waals surface area contributed by atoms with Crippen molar-refractivity contribution in [2.24, 2.45) is 5.73 Å². The van der Waals surface area contributed by atoms with Gasteiger partial charge in [0.25, 0.3) is 5.91 Å². The van der Waals surface area contributed by atoms with Gasteiger partial charge < -0.3 is 11.1 Å². The van der Waals surface area contributed by atoms with Crippen molar-refractivity contribution in [3.8, 4) is 0 Å². The predicted octanol–water partition coefficient (Wildman–Crippen LogP) is 1.53. The van der Waals surface area contributed by atoms with E-state index in [0.29, 0.717) is 13.1 Å². The Balaban J connectivity index is 2.29. The highest BCUT2D eigenvalue weighted by atomic mass is 32.1. The molecule has 1 amide bonds. The van der Waals surface area contributed by atoms with Crippen molar-refractivity contribution in [2.45, 2.75) is 19.8 Å². The molecule has 0 aliphatic heterocycles. The first-order valence-electron chi connectivity index (χ1n) is 4.78. The lowest BCUT2D eigenvalue weighted by atomic mass is 10.3. The first-order chi connectivity index (χ1) is 6.74. The fraction of sp³-hybridized carbons (Fsp3) is 0.500. The van der Waals surface area contributed by atoms with Gasteiger partial charge in [0, 0.05) is 11.4 Å². The van der Waals surface area contributed by atoms with Crippen LogP contribution < -0.4 is 11.1 Å². The minimum absolute atomic E-state index is 0.0279. The number of unbranched alkanes of at least 4 members (excludes halogenated alkanes) is 1. The summed E-state index contributed by atoms with van der Waals surface area (Å²) in [5.74, 6) is 0.0279. The number of thiophene rings is 1. The van der Waals surface area contributed by atoms with Crippen LogP contribution >= 0.6 is 11.3 Å². The van der Waals surface area contributed by atoms with E-state index in [-0.39, 0.29) is 5.91 Å². The number of amides is 1. The molecule has 1 aromatic heterocycles. The van der Waals surface area contributed by atoms with Gasteiger partial charge in [0.2, 0.25) is 0 Å². The van der Waals surface area contributed by atoms with Gasteiger partial charge >= 0.3 is 0 Å². The zero-order valence-corrected chi connectivity index (χ0v) is 9.19. The van der Waals surface area contributed by atoms with Gasteiger partial charge in [-0.05, 0) is 38.4 Å². The standard InChI is InChI=1S/C10H16N2OS/c1-8-4-5-9(14-8)10(13)12-7-3-2-6-11/h4-5H,2-3,6-7,11H2,1H3,(H,12,13). The molecular weight excluding hydrogens is 196 g/mol. The van der Waals surface area contributed by atoms with E-state index in [9.17, 15) is 4.79 Å². The van der Waals surface area contributed by atoms with E-state index >= 15 is 0 Å². The molecule has 1 rings (SSSR count). The molecule has 0 aromatic carbocycles. The van der Waals surface area contributed by atoms with Crippen molar-refractivity contribution >= 4 is 17.2 Å². The van der Waals surface area contributed by atoms with Gasteiger partial charge in [-0.2, -0.15) is 0 Å². The molecule has 1 aromatic rings. The predicted molar refractivity (Wildman–Crippen MR) is 59.7 cm³/mol. The van der Waals surface area contributed by atoms with Crippen LogP contribution in [-0.2, 0) is 0 Å². The van der Waals surface area contributed by atoms with E-state index in [0.717, 1.165) is 22.6 Å². The third-order valence-electron chi connectivity index (χ3n) is 1.88. The Morgan fingerprint density at radius 1 is 1.50 bits per heavy atom. The van der Waals surface area contributed by atoms with Crippen LogP contribution in [0.5, 0.6) is 0 Å². The Morgan fingerprint density at radius 3 is 2.86 bits per heavy atom. The summed E-state index contributed by atoms with van der Waals surface area (Å²) in [6, 6.07) is 3.82. The molecule has 4 heteroatoms. The van der Waals surface area contributed by atoms with Crippen LogP contribution in [0.15, 0.2) is 12.1 Å². The Labute approximate surface area is 88.3 Å². The molecule has 14 heavy (non-hydrogen) atoms. The number of hydrogen-bond acceptors (Lipinski definition) is 3. The van der Waals surface area contributed by atoms with Crippen LogP contribution in [-0.4, -0.2) is 19.0 Å². The minimum Gasteiger partial charge on any atom is -0.351 e. The van der Waals surface area contributed by atoms with Gasteiger partial charge in [0.05, 0.1) is 4.88 Å². The van der Waals surface area contributed by atoms with Crippen LogP contribution in [0.2, 0.25) is 0 Å². The van der Waals surface area contributed by atoms with Crippen LogP contribution in [0, 0.1) is 6.92 Å². The maximum absolute atomic E-state index is 11.5. The summed E-state index contributed by atoms with van der Waals surface area (Å²) in [4.78, 5) is 13.4. The summed E-state index contributed by atoms with van der Waals surface area (Å²) >= 11 is 1.52. The van der Waals surface area contributed by atoms with Gasteiger partial charge in [-0.15, -0.1) is 11.3 Å². The van der Waals surface area contributed by atoms with E-state index in [1.807, 2.05) is 19.1 Å². The van der Waals surface area contributed by atoms with E-state index in [1.54, 1.807) is 0 Å². The second-order valence-electron chi connectivity index (χ2n) is 3.16. The van der Waals surface area contributed by atoms with Gasteiger partial charge in [0.1, 0.15) is 0 Å². The highest BCUT2D eigenvalue weighted by molar-refractivity contribution is 7.13. The first-order valence-corrected chi connectivity index (χ1v) is 5.60. The fourth-order valence-electron chi connectivity index (χ4n) is 1.11. The maximum atomic E-state index is 11.5. The molecule has 0 bridgehead atoms. The second-order valence-corrected chi connectivity index (χ2v) is 4.45. The number of hydrogen-bond donors (Lipinski definition) is 2. The van der Waals surface area contributed by atoms with E-state index in [1.165, 1.54) is 11.3 Å². The number of nitrogens with one attached hydrogen (secondary N) is 1. The zero-order valence-electron chi connectivity index (χ0n) is 8.38. The Morgan fingerprint density at radius 2 is 2.29 bits per heavy atom. The van der Waals surface area contributed by atoms with Gasteiger partial charge in [0.15, 0.2) is 0 Å². The molecule has 0 saturated carbocycles. The maximum Gasteiger partial charge on any atom is 0.261 e. The molecule has 0 spiro atoms. The molecule has 1 heterocycles. The number of aryl methyl sites for hydroxylation is 1. The normalized spacial score (nSPS) is 10.1. The molecule has 0 fully saturated rings. The molecule has 0 saturated heterocycles. The lowest BCUT2D eigenvalue weighted by Gasteiger charge is -2.01. The van der Waals surface area contributed by atoms with Crippen molar-refractivity contribution in [2.75, 3.05) is 13.1 Å². The SMILES string of the molecule is Cc1ccc(C(=O)NCCCCN)s1. The van der Waals surface area contributed by atoms with Crippen molar-refractivity contribution in [1.82, 2.24) is 5.32 Å². The minimum atomic E-state index is 0.0279. The van der Waals surface area contributed by atoms with Crippen LogP contribution in [0.1, 0.15) is 27.4 Å². The molecule has 0 aliphatic rings. The zero-order chi connectivity index (χ0) is 10.4. The summed E-state index contributed by atoms with van der Waals surface area (Å²) < 4.78 is 0. The lowest BCUT2D eigenvalue weighted by molar-refractivity contribution is 0.0957. The van der Waals surface area contributed by atoms with Crippen LogP contribution in [0.3, 0.4) is 0 Å². The van der Waals surface area contributed by atoms with Gasteiger partial charge in [-0.3, -0.25) is 4.79 Å². The Kier molecular flexibility index (Phi) is 4.62. The molecule has 3 nitrogen and oxygen atoms in total. The molecule has 0 atom stereocenters. The first kappa shape index (κ1) is 11.2. The largest absolute Gasteiger partial charge is 0.351 e. The Hall–Kier alpha value is -0.870. The highest BCUT2D eigenvalue weighted by Crippen LogP contribution is 2.14.